The largest absolute Gasteiger partial charge is 0.481 e. The first-order valence-corrected chi connectivity index (χ1v) is 5.42. The summed E-state index contributed by atoms with van der Waals surface area (Å²) in [7, 11) is 3.96. The van der Waals surface area contributed by atoms with Crippen LogP contribution in [0.2, 0.25) is 0 Å². The first-order valence-electron chi connectivity index (χ1n) is 5.42. The number of carbonyl (C=O) groups is 1. The standard InChI is InChI=1S/C13H18N2O2/c1-15(2)12-7-4-10(5-8-12)3-6-11(14)9-13(16)17/h3-8,11H,9,14H2,1-2H3,(H,16,17)/b6-3+. The molecule has 1 aromatic carbocycles. The summed E-state index contributed by atoms with van der Waals surface area (Å²) in [6.07, 6.45) is 3.50. The van der Waals surface area contributed by atoms with Crippen LogP contribution in [0, 0.1) is 0 Å². The van der Waals surface area contributed by atoms with Crippen molar-refractivity contribution in [3.8, 4) is 0 Å². The molecule has 0 aliphatic carbocycles. The number of nitrogens with zero attached hydrogens (tertiary/aromatic N) is 1. The smallest absolute Gasteiger partial charge is 0.305 e. The molecule has 1 rings (SSSR count). The van der Waals surface area contributed by atoms with E-state index in [1.807, 2.05) is 49.3 Å². The van der Waals surface area contributed by atoms with E-state index in [9.17, 15) is 4.79 Å². The van der Waals surface area contributed by atoms with E-state index in [2.05, 4.69) is 0 Å². The number of carboxylic acid groups (broad SMARTS) is 1. The van der Waals surface area contributed by atoms with Gasteiger partial charge in [0.15, 0.2) is 0 Å². The van der Waals surface area contributed by atoms with Crippen LogP contribution in [0.4, 0.5) is 5.69 Å². The maximum absolute atomic E-state index is 10.4. The highest BCUT2D eigenvalue weighted by Crippen LogP contribution is 2.13. The number of anilines is 1. The van der Waals surface area contributed by atoms with Crippen molar-refractivity contribution in [2.24, 2.45) is 5.73 Å². The molecule has 0 aromatic heterocycles. The Labute approximate surface area is 101 Å². The molecule has 0 heterocycles. The highest BCUT2D eigenvalue weighted by molar-refractivity contribution is 5.68. The van der Waals surface area contributed by atoms with Gasteiger partial charge in [-0.1, -0.05) is 24.3 Å². The van der Waals surface area contributed by atoms with Crippen molar-refractivity contribution < 1.29 is 9.90 Å². The summed E-state index contributed by atoms with van der Waals surface area (Å²) in [5.74, 6) is -0.884. The molecule has 0 spiro atoms. The van der Waals surface area contributed by atoms with Gasteiger partial charge in [0.05, 0.1) is 6.42 Å². The molecule has 0 radical (unpaired) electrons. The van der Waals surface area contributed by atoms with Crippen LogP contribution in [-0.4, -0.2) is 31.2 Å². The number of hydrogen-bond acceptors (Lipinski definition) is 3. The highest BCUT2D eigenvalue weighted by Gasteiger charge is 2.03. The fourth-order valence-electron chi connectivity index (χ4n) is 1.39. The summed E-state index contributed by atoms with van der Waals surface area (Å²) in [6, 6.07) is 7.50. The molecule has 4 heteroatoms. The van der Waals surface area contributed by atoms with E-state index in [1.54, 1.807) is 6.08 Å². The molecule has 0 aliphatic heterocycles. The Morgan fingerprint density at radius 3 is 2.47 bits per heavy atom. The Bertz CT molecular complexity index is 396. The third-order valence-corrected chi connectivity index (χ3v) is 2.36. The third-order valence-electron chi connectivity index (χ3n) is 2.36. The summed E-state index contributed by atoms with van der Waals surface area (Å²) < 4.78 is 0. The van der Waals surface area contributed by atoms with Crippen molar-refractivity contribution in [3.05, 3.63) is 35.9 Å². The van der Waals surface area contributed by atoms with E-state index in [0.717, 1.165) is 11.3 Å². The second-order valence-electron chi connectivity index (χ2n) is 4.11. The molecule has 1 aromatic rings. The zero-order chi connectivity index (χ0) is 12.8. The van der Waals surface area contributed by atoms with Crippen LogP contribution >= 0.6 is 0 Å². The monoisotopic (exact) mass is 234 g/mol. The highest BCUT2D eigenvalue weighted by atomic mass is 16.4. The van der Waals surface area contributed by atoms with Crippen LogP contribution in [0.25, 0.3) is 6.08 Å². The summed E-state index contributed by atoms with van der Waals surface area (Å²) >= 11 is 0. The topological polar surface area (TPSA) is 66.6 Å². The van der Waals surface area contributed by atoms with E-state index in [1.165, 1.54) is 0 Å². The van der Waals surface area contributed by atoms with Crippen molar-refractivity contribution in [1.29, 1.82) is 0 Å². The normalized spacial score (nSPS) is 12.6. The fraction of sp³-hybridized carbons (Fsp3) is 0.308. The first-order chi connectivity index (χ1) is 7.99. The zero-order valence-corrected chi connectivity index (χ0v) is 10.1. The minimum Gasteiger partial charge on any atom is -0.481 e. The number of benzene rings is 1. The van der Waals surface area contributed by atoms with E-state index in [0.29, 0.717) is 0 Å². The molecule has 0 fully saturated rings. The van der Waals surface area contributed by atoms with Crippen LogP contribution in [0.15, 0.2) is 30.3 Å². The lowest BCUT2D eigenvalue weighted by molar-refractivity contribution is -0.137. The van der Waals surface area contributed by atoms with Gasteiger partial charge in [-0.25, -0.2) is 0 Å². The second kappa shape index (κ2) is 6.06. The molecule has 1 atom stereocenters. The molecular weight excluding hydrogens is 216 g/mol. The van der Waals surface area contributed by atoms with Gasteiger partial charge in [0.1, 0.15) is 0 Å². The van der Waals surface area contributed by atoms with Crippen molar-refractivity contribution in [1.82, 2.24) is 0 Å². The quantitative estimate of drug-likeness (QED) is 0.811. The van der Waals surface area contributed by atoms with Gasteiger partial charge in [-0.15, -0.1) is 0 Å². The number of hydrogen-bond donors (Lipinski definition) is 2. The van der Waals surface area contributed by atoms with Crippen LogP contribution in [-0.2, 0) is 4.79 Å². The Morgan fingerprint density at radius 2 is 2.00 bits per heavy atom. The zero-order valence-electron chi connectivity index (χ0n) is 10.1. The van der Waals surface area contributed by atoms with Crippen molar-refractivity contribution in [3.63, 3.8) is 0 Å². The predicted molar refractivity (Wildman–Crippen MR) is 70.0 cm³/mol. The molecule has 0 bridgehead atoms. The maximum atomic E-state index is 10.4. The maximum Gasteiger partial charge on any atom is 0.305 e. The first kappa shape index (κ1) is 13.3. The van der Waals surface area contributed by atoms with Gasteiger partial charge in [-0.3, -0.25) is 4.79 Å². The van der Waals surface area contributed by atoms with Crippen LogP contribution in [0.1, 0.15) is 12.0 Å². The SMILES string of the molecule is CN(C)c1ccc(/C=C/C(N)CC(=O)O)cc1. The lowest BCUT2D eigenvalue weighted by Gasteiger charge is -2.11. The van der Waals surface area contributed by atoms with Crippen LogP contribution in [0.5, 0.6) is 0 Å². The van der Waals surface area contributed by atoms with Gasteiger partial charge < -0.3 is 15.7 Å². The molecule has 17 heavy (non-hydrogen) atoms. The van der Waals surface area contributed by atoms with Crippen LogP contribution in [0.3, 0.4) is 0 Å². The van der Waals surface area contributed by atoms with E-state index >= 15 is 0 Å². The number of nitrogens with two attached hydrogens (primary N) is 1. The van der Waals surface area contributed by atoms with Gasteiger partial charge in [-0.2, -0.15) is 0 Å². The number of aliphatic carboxylic acids is 1. The molecule has 0 aliphatic rings. The van der Waals surface area contributed by atoms with Gasteiger partial charge in [0.2, 0.25) is 0 Å². The molecule has 0 saturated carbocycles. The Balaban J connectivity index is 2.62. The molecule has 0 amide bonds. The average molecular weight is 234 g/mol. The van der Waals surface area contributed by atoms with Crippen molar-refractivity contribution in [2.75, 3.05) is 19.0 Å². The van der Waals surface area contributed by atoms with E-state index in [4.69, 9.17) is 10.8 Å². The van der Waals surface area contributed by atoms with Gasteiger partial charge in [-0.05, 0) is 17.7 Å². The van der Waals surface area contributed by atoms with Gasteiger partial charge >= 0.3 is 5.97 Å². The lowest BCUT2D eigenvalue weighted by atomic mass is 10.1. The third kappa shape index (κ3) is 4.70. The van der Waals surface area contributed by atoms with Gasteiger partial charge in [0, 0.05) is 25.8 Å². The van der Waals surface area contributed by atoms with Crippen molar-refractivity contribution in [2.45, 2.75) is 12.5 Å². The Kier molecular flexibility index (Phi) is 4.72. The summed E-state index contributed by atoms with van der Waals surface area (Å²) in [5, 5.41) is 8.56. The second-order valence-corrected chi connectivity index (χ2v) is 4.11. The van der Waals surface area contributed by atoms with E-state index < -0.39 is 12.0 Å². The predicted octanol–water partition coefficient (Wildman–Crippen LogP) is 1.57. The van der Waals surface area contributed by atoms with Gasteiger partial charge in [0.25, 0.3) is 0 Å². The van der Waals surface area contributed by atoms with Crippen molar-refractivity contribution >= 4 is 17.7 Å². The minimum atomic E-state index is -0.884. The number of carboxylic acids is 1. The molecule has 92 valence electrons. The fourth-order valence-corrected chi connectivity index (χ4v) is 1.39. The Morgan fingerprint density at radius 1 is 1.41 bits per heavy atom. The van der Waals surface area contributed by atoms with E-state index in [-0.39, 0.29) is 6.42 Å². The molecule has 0 saturated heterocycles. The molecule has 3 N–H and O–H groups in total. The van der Waals surface area contributed by atoms with Crippen LogP contribution < -0.4 is 10.6 Å². The molecule has 4 nitrogen and oxygen atoms in total. The lowest BCUT2D eigenvalue weighted by Crippen LogP contribution is -2.20. The molecular formula is C13H18N2O2. The Hall–Kier alpha value is -1.81. The summed E-state index contributed by atoms with van der Waals surface area (Å²) in [6.45, 7) is 0. The average Bonchev–Trinajstić information content (AvgIpc) is 2.26. The number of rotatable bonds is 5. The summed E-state index contributed by atoms with van der Waals surface area (Å²) in [5.41, 5.74) is 7.76. The molecule has 1 unspecified atom stereocenters. The summed E-state index contributed by atoms with van der Waals surface area (Å²) in [4.78, 5) is 12.4. The minimum absolute atomic E-state index is 0.0493.